The molecule has 5 heteroatoms. The van der Waals surface area contributed by atoms with Gasteiger partial charge in [-0.2, -0.15) is 5.10 Å². The van der Waals surface area contributed by atoms with E-state index in [0.717, 1.165) is 6.42 Å². The number of rotatable bonds is 6. The normalized spacial score (nSPS) is 10.6. The zero-order valence-electron chi connectivity index (χ0n) is 13.7. The predicted octanol–water partition coefficient (Wildman–Crippen LogP) is 2.72. The van der Waals surface area contributed by atoms with Crippen LogP contribution in [0.5, 0.6) is 0 Å². The zero-order valence-corrected chi connectivity index (χ0v) is 13.7. The summed E-state index contributed by atoms with van der Waals surface area (Å²) in [6.45, 7) is 0.508. The number of benzene rings is 2. The second kappa shape index (κ2) is 8.06. The standard InChI is InChI=1S/C20H19N3O2/c24-19-12-11-18(22-23-19)20(25)21-14-13-17(15-7-3-1-4-8-15)16-9-5-2-6-10-16/h1-12,17H,13-14H2,(H,21,25)(H,23,24). The van der Waals surface area contributed by atoms with Crippen molar-refractivity contribution >= 4 is 5.91 Å². The van der Waals surface area contributed by atoms with E-state index < -0.39 is 0 Å². The molecule has 0 saturated carbocycles. The van der Waals surface area contributed by atoms with Crippen LogP contribution in [-0.4, -0.2) is 22.6 Å². The van der Waals surface area contributed by atoms with Crippen LogP contribution < -0.4 is 10.9 Å². The summed E-state index contributed by atoms with van der Waals surface area (Å²) < 4.78 is 0. The number of hydrogen-bond acceptors (Lipinski definition) is 3. The molecule has 0 fully saturated rings. The van der Waals surface area contributed by atoms with Gasteiger partial charge in [-0.15, -0.1) is 0 Å². The SMILES string of the molecule is O=C(NCCC(c1ccccc1)c1ccccc1)c1ccc(=O)[nH]n1. The van der Waals surface area contributed by atoms with Crippen molar-refractivity contribution in [3.8, 4) is 0 Å². The average molecular weight is 333 g/mol. The molecule has 1 heterocycles. The van der Waals surface area contributed by atoms with Gasteiger partial charge >= 0.3 is 0 Å². The third kappa shape index (κ3) is 4.41. The van der Waals surface area contributed by atoms with E-state index >= 15 is 0 Å². The smallest absolute Gasteiger partial charge is 0.271 e. The Kier molecular flexibility index (Phi) is 5.36. The Morgan fingerprint density at radius 1 is 0.920 bits per heavy atom. The average Bonchev–Trinajstić information content (AvgIpc) is 2.67. The van der Waals surface area contributed by atoms with Gasteiger partial charge in [-0.05, 0) is 23.6 Å². The number of amides is 1. The molecule has 126 valence electrons. The molecule has 1 amide bonds. The van der Waals surface area contributed by atoms with Gasteiger partial charge in [-0.3, -0.25) is 9.59 Å². The van der Waals surface area contributed by atoms with Gasteiger partial charge in [0.15, 0.2) is 0 Å². The summed E-state index contributed by atoms with van der Waals surface area (Å²) >= 11 is 0. The van der Waals surface area contributed by atoms with Crippen molar-refractivity contribution in [2.75, 3.05) is 6.54 Å². The fraction of sp³-hybridized carbons (Fsp3) is 0.150. The lowest BCUT2D eigenvalue weighted by Crippen LogP contribution is -2.27. The molecule has 1 aromatic heterocycles. The molecule has 3 aromatic rings. The second-order valence-electron chi connectivity index (χ2n) is 5.72. The zero-order chi connectivity index (χ0) is 17.5. The molecule has 0 aliphatic heterocycles. The Bertz CT molecular complexity index is 816. The first-order chi connectivity index (χ1) is 12.2. The van der Waals surface area contributed by atoms with Crippen LogP contribution in [0.25, 0.3) is 0 Å². The summed E-state index contributed by atoms with van der Waals surface area (Å²) in [4.78, 5) is 23.1. The highest BCUT2D eigenvalue weighted by atomic mass is 16.2. The van der Waals surface area contributed by atoms with E-state index in [-0.39, 0.29) is 23.1 Å². The van der Waals surface area contributed by atoms with Gasteiger partial charge in [0.25, 0.3) is 11.5 Å². The van der Waals surface area contributed by atoms with Crippen molar-refractivity contribution < 1.29 is 4.79 Å². The Balaban J connectivity index is 1.68. The minimum Gasteiger partial charge on any atom is -0.351 e. The molecule has 0 spiro atoms. The molecule has 0 unspecified atom stereocenters. The van der Waals surface area contributed by atoms with Crippen LogP contribution in [0.2, 0.25) is 0 Å². The number of nitrogens with one attached hydrogen (secondary N) is 2. The van der Waals surface area contributed by atoms with Gasteiger partial charge in [0.2, 0.25) is 0 Å². The number of carbonyl (C=O) groups excluding carboxylic acids is 1. The van der Waals surface area contributed by atoms with Gasteiger partial charge in [0, 0.05) is 18.5 Å². The first-order valence-electron chi connectivity index (χ1n) is 8.18. The molecular formula is C20H19N3O2. The molecule has 2 N–H and O–H groups in total. The lowest BCUT2D eigenvalue weighted by Gasteiger charge is -2.18. The summed E-state index contributed by atoms with van der Waals surface area (Å²) in [6, 6.07) is 23.2. The maximum atomic E-state index is 12.1. The van der Waals surface area contributed by atoms with Crippen LogP contribution in [0.15, 0.2) is 77.6 Å². The van der Waals surface area contributed by atoms with Gasteiger partial charge in [-0.1, -0.05) is 60.7 Å². The Morgan fingerprint density at radius 3 is 2.04 bits per heavy atom. The lowest BCUT2D eigenvalue weighted by molar-refractivity contribution is 0.0946. The summed E-state index contributed by atoms with van der Waals surface area (Å²) in [5.41, 5.74) is 2.30. The minimum absolute atomic E-state index is 0.200. The maximum Gasteiger partial charge on any atom is 0.271 e. The first kappa shape index (κ1) is 16.6. The van der Waals surface area contributed by atoms with Crippen molar-refractivity contribution in [2.24, 2.45) is 0 Å². The number of aromatic nitrogens is 2. The largest absolute Gasteiger partial charge is 0.351 e. The quantitative estimate of drug-likeness (QED) is 0.728. The van der Waals surface area contributed by atoms with Crippen LogP contribution in [0.3, 0.4) is 0 Å². The highest BCUT2D eigenvalue weighted by Gasteiger charge is 2.14. The van der Waals surface area contributed by atoms with Crippen molar-refractivity contribution in [3.05, 3.63) is 100.0 Å². The van der Waals surface area contributed by atoms with Crippen molar-refractivity contribution in [2.45, 2.75) is 12.3 Å². The number of aromatic amines is 1. The Morgan fingerprint density at radius 2 is 1.52 bits per heavy atom. The van der Waals surface area contributed by atoms with E-state index in [1.54, 1.807) is 0 Å². The van der Waals surface area contributed by atoms with Crippen LogP contribution in [0, 0.1) is 0 Å². The van der Waals surface area contributed by atoms with Crippen LogP contribution in [0.1, 0.15) is 34.0 Å². The molecule has 2 aromatic carbocycles. The van der Waals surface area contributed by atoms with E-state index in [1.165, 1.54) is 23.3 Å². The third-order valence-electron chi connectivity index (χ3n) is 4.03. The summed E-state index contributed by atoms with van der Waals surface area (Å²) in [5, 5.41) is 8.87. The number of carbonyl (C=O) groups is 1. The van der Waals surface area contributed by atoms with Crippen molar-refractivity contribution in [1.82, 2.24) is 15.5 Å². The maximum absolute atomic E-state index is 12.1. The van der Waals surface area contributed by atoms with Crippen molar-refractivity contribution in [1.29, 1.82) is 0 Å². The van der Waals surface area contributed by atoms with E-state index in [9.17, 15) is 9.59 Å². The van der Waals surface area contributed by atoms with Crippen LogP contribution in [-0.2, 0) is 0 Å². The molecule has 0 aliphatic carbocycles. The molecule has 0 radical (unpaired) electrons. The van der Waals surface area contributed by atoms with E-state index in [1.807, 2.05) is 36.4 Å². The molecule has 5 nitrogen and oxygen atoms in total. The fourth-order valence-corrected chi connectivity index (χ4v) is 2.79. The highest BCUT2D eigenvalue weighted by molar-refractivity contribution is 5.91. The van der Waals surface area contributed by atoms with E-state index in [2.05, 4.69) is 39.8 Å². The molecular weight excluding hydrogens is 314 g/mol. The minimum atomic E-state index is -0.329. The molecule has 0 atom stereocenters. The Labute approximate surface area is 145 Å². The fourth-order valence-electron chi connectivity index (χ4n) is 2.79. The Hall–Kier alpha value is -3.21. The molecule has 0 bridgehead atoms. The first-order valence-corrected chi connectivity index (χ1v) is 8.18. The van der Waals surface area contributed by atoms with E-state index in [0.29, 0.717) is 6.54 Å². The summed E-state index contributed by atoms with van der Waals surface area (Å²) in [5.74, 6) is -0.0950. The van der Waals surface area contributed by atoms with Crippen LogP contribution in [0.4, 0.5) is 0 Å². The number of nitrogens with zero attached hydrogens (tertiary/aromatic N) is 1. The highest BCUT2D eigenvalue weighted by Crippen LogP contribution is 2.27. The van der Waals surface area contributed by atoms with Gasteiger partial charge < -0.3 is 5.32 Å². The summed E-state index contributed by atoms with van der Waals surface area (Å²) in [7, 11) is 0. The van der Waals surface area contributed by atoms with Gasteiger partial charge in [-0.25, -0.2) is 5.10 Å². The van der Waals surface area contributed by atoms with Crippen molar-refractivity contribution in [3.63, 3.8) is 0 Å². The number of H-pyrrole nitrogens is 1. The monoisotopic (exact) mass is 333 g/mol. The molecule has 0 saturated heterocycles. The molecule has 3 rings (SSSR count). The predicted molar refractivity (Wildman–Crippen MR) is 96.5 cm³/mol. The van der Waals surface area contributed by atoms with E-state index in [4.69, 9.17) is 0 Å². The number of hydrogen-bond donors (Lipinski definition) is 2. The van der Waals surface area contributed by atoms with Crippen LogP contribution >= 0.6 is 0 Å². The molecule has 25 heavy (non-hydrogen) atoms. The lowest BCUT2D eigenvalue weighted by atomic mass is 9.88. The third-order valence-corrected chi connectivity index (χ3v) is 4.03. The summed E-state index contributed by atoms with van der Waals surface area (Å²) in [6.07, 6.45) is 0.767. The molecule has 0 aliphatic rings. The van der Waals surface area contributed by atoms with Gasteiger partial charge in [0.1, 0.15) is 5.69 Å². The van der Waals surface area contributed by atoms with Gasteiger partial charge in [0.05, 0.1) is 0 Å². The topological polar surface area (TPSA) is 74.8 Å². The second-order valence-corrected chi connectivity index (χ2v) is 5.72.